The molecule has 0 N–H and O–H groups in total. The molecule has 0 amide bonds. The summed E-state index contributed by atoms with van der Waals surface area (Å²) < 4.78 is 17.7. The maximum atomic E-state index is 12.4. The van der Waals surface area contributed by atoms with Crippen molar-refractivity contribution in [3.8, 4) is 0 Å². The maximum Gasteiger partial charge on any atom is 0.140 e. The van der Waals surface area contributed by atoms with Crippen LogP contribution in [0, 0.1) is 5.92 Å². The highest BCUT2D eigenvalue weighted by Crippen LogP contribution is 2.33. The van der Waals surface area contributed by atoms with Gasteiger partial charge in [-0.3, -0.25) is 9.00 Å². The Morgan fingerprint density at radius 2 is 1.83 bits per heavy atom. The Morgan fingerprint density at radius 1 is 1.17 bits per heavy atom. The average molecular weight is 334 g/mol. The van der Waals surface area contributed by atoms with Gasteiger partial charge in [0.2, 0.25) is 0 Å². The van der Waals surface area contributed by atoms with Crippen molar-refractivity contribution in [1.29, 1.82) is 0 Å². The molecular formula is C19H26O3S. The maximum absolute atomic E-state index is 12.4. The van der Waals surface area contributed by atoms with Crippen LogP contribution in [-0.4, -0.2) is 28.5 Å². The van der Waals surface area contributed by atoms with Crippen LogP contribution in [0.5, 0.6) is 0 Å². The molecular weight excluding hydrogens is 308 g/mol. The van der Waals surface area contributed by atoms with Crippen molar-refractivity contribution in [1.82, 2.24) is 0 Å². The second kappa shape index (κ2) is 7.71. The highest BCUT2D eigenvalue weighted by molar-refractivity contribution is 7.86. The predicted molar refractivity (Wildman–Crippen MR) is 92.1 cm³/mol. The molecule has 1 aromatic carbocycles. The number of hydrogen-bond acceptors (Lipinski definition) is 3. The number of carbonyl (C=O) groups is 1. The standard InChI is InChI=1S/C19H26O3S/c1-2-19(20)18(13-14-9-11-22-12-10-14)15-3-5-16(6-4-15)23(21)17-7-8-17/h3-6,14,17-18H,2,7-13H2,1H3/t18-,23?/m1/s1. The molecule has 2 fully saturated rings. The third kappa shape index (κ3) is 4.30. The van der Waals surface area contributed by atoms with Gasteiger partial charge in [-0.15, -0.1) is 0 Å². The largest absolute Gasteiger partial charge is 0.381 e. The third-order valence-corrected chi connectivity index (χ3v) is 6.80. The molecule has 1 aliphatic carbocycles. The van der Waals surface area contributed by atoms with Gasteiger partial charge in [-0.2, -0.15) is 0 Å². The zero-order valence-electron chi connectivity index (χ0n) is 13.8. The van der Waals surface area contributed by atoms with E-state index in [4.69, 9.17) is 4.74 Å². The highest BCUT2D eigenvalue weighted by atomic mass is 32.2. The average Bonchev–Trinajstić information content (AvgIpc) is 3.44. The summed E-state index contributed by atoms with van der Waals surface area (Å²) in [6.07, 6.45) is 5.75. The van der Waals surface area contributed by atoms with Crippen molar-refractivity contribution in [3.63, 3.8) is 0 Å². The van der Waals surface area contributed by atoms with Crippen LogP contribution in [0.1, 0.15) is 56.9 Å². The molecule has 1 aromatic rings. The van der Waals surface area contributed by atoms with Crippen LogP contribution >= 0.6 is 0 Å². The van der Waals surface area contributed by atoms with Crippen molar-refractivity contribution in [2.75, 3.05) is 13.2 Å². The summed E-state index contributed by atoms with van der Waals surface area (Å²) in [5, 5.41) is 0.358. The molecule has 0 bridgehead atoms. The fraction of sp³-hybridized carbons (Fsp3) is 0.632. The van der Waals surface area contributed by atoms with Gasteiger partial charge >= 0.3 is 0 Å². The van der Waals surface area contributed by atoms with E-state index in [1.165, 1.54) is 0 Å². The summed E-state index contributed by atoms with van der Waals surface area (Å²) in [6, 6.07) is 7.97. The van der Waals surface area contributed by atoms with E-state index in [-0.39, 0.29) is 5.92 Å². The second-order valence-electron chi connectivity index (χ2n) is 6.73. The van der Waals surface area contributed by atoms with Crippen LogP contribution < -0.4 is 0 Å². The van der Waals surface area contributed by atoms with Crippen LogP contribution in [0.3, 0.4) is 0 Å². The van der Waals surface area contributed by atoms with Crippen LogP contribution in [0.25, 0.3) is 0 Å². The molecule has 3 rings (SSSR count). The van der Waals surface area contributed by atoms with Crippen molar-refractivity contribution >= 4 is 16.6 Å². The molecule has 0 spiro atoms. The van der Waals surface area contributed by atoms with Crippen molar-refractivity contribution in [2.45, 2.75) is 61.5 Å². The topological polar surface area (TPSA) is 43.4 Å². The minimum atomic E-state index is -0.866. The normalized spacial score (nSPS) is 21.8. The Kier molecular flexibility index (Phi) is 5.65. The van der Waals surface area contributed by atoms with E-state index in [2.05, 4.69) is 0 Å². The molecule has 1 saturated heterocycles. The number of Topliss-reactive ketones (excluding diaryl/α,β-unsaturated/α-hetero) is 1. The second-order valence-corrected chi connectivity index (χ2v) is 8.46. The zero-order chi connectivity index (χ0) is 16.2. The molecule has 0 aromatic heterocycles. The zero-order valence-corrected chi connectivity index (χ0v) is 14.6. The summed E-state index contributed by atoms with van der Waals surface area (Å²) in [5.41, 5.74) is 1.08. The quantitative estimate of drug-likeness (QED) is 0.761. The molecule has 2 atom stereocenters. The molecule has 3 nitrogen and oxygen atoms in total. The van der Waals surface area contributed by atoms with E-state index in [0.717, 1.165) is 55.8 Å². The van der Waals surface area contributed by atoms with E-state index in [1.54, 1.807) is 0 Å². The summed E-state index contributed by atoms with van der Waals surface area (Å²) in [4.78, 5) is 13.3. The van der Waals surface area contributed by atoms with Gasteiger partial charge in [0.05, 0.1) is 10.8 Å². The summed E-state index contributed by atoms with van der Waals surface area (Å²) in [5.74, 6) is 0.864. The van der Waals surface area contributed by atoms with Gasteiger partial charge in [-0.1, -0.05) is 19.1 Å². The Bertz CT molecular complexity index is 556. The molecule has 1 aliphatic heterocycles. The lowest BCUT2D eigenvalue weighted by Gasteiger charge is -2.26. The molecule has 4 heteroatoms. The van der Waals surface area contributed by atoms with Gasteiger partial charge in [0.15, 0.2) is 0 Å². The Hall–Kier alpha value is -1.00. The van der Waals surface area contributed by atoms with E-state index in [1.807, 2.05) is 31.2 Å². The molecule has 1 heterocycles. The van der Waals surface area contributed by atoms with Crippen molar-refractivity contribution < 1.29 is 13.7 Å². The monoisotopic (exact) mass is 334 g/mol. The fourth-order valence-corrected chi connectivity index (χ4v) is 4.68. The first-order valence-corrected chi connectivity index (χ1v) is 10.0. The molecule has 1 saturated carbocycles. The number of ether oxygens (including phenoxy) is 1. The van der Waals surface area contributed by atoms with Gasteiger partial charge in [-0.05, 0) is 55.7 Å². The van der Waals surface area contributed by atoms with Gasteiger partial charge in [0.25, 0.3) is 0 Å². The van der Waals surface area contributed by atoms with Gasteiger partial charge < -0.3 is 4.74 Å². The summed E-state index contributed by atoms with van der Waals surface area (Å²) in [6.45, 7) is 3.57. The first-order valence-electron chi connectivity index (χ1n) is 8.80. The lowest BCUT2D eigenvalue weighted by molar-refractivity contribution is -0.120. The SMILES string of the molecule is CCC(=O)[C@H](CC1CCOCC1)c1ccc(S(=O)C2CC2)cc1. The van der Waals surface area contributed by atoms with Crippen LogP contribution in [0.4, 0.5) is 0 Å². The molecule has 126 valence electrons. The minimum Gasteiger partial charge on any atom is -0.381 e. The van der Waals surface area contributed by atoms with Crippen LogP contribution in [0.15, 0.2) is 29.2 Å². The Balaban J connectivity index is 1.72. The van der Waals surface area contributed by atoms with Gasteiger partial charge in [0.1, 0.15) is 5.78 Å². The number of hydrogen-bond donors (Lipinski definition) is 0. The molecule has 2 aliphatic rings. The number of benzene rings is 1. The van der Waals surface area contributed by atoms with E-state index >= 15 is 0 Å². The summed E-state index contributed by atoms with van der Waals surface area (Å²) in [7, 11) is -0.866. The van der Waals surface area contributed by atoms with Crippen LogP contribution in [0.2, 0.25) is 0 Å². The number of carbonyl (C=O) groups excluding carboxylic acids is 1. The van der Waals surface area contributed by atoms with E-state index in [9.17, 15) is 9.00 Å². The molecule has 1 unspecified atom stereocenters. The Morgan fingerprint density at radius 3 is 2.39 bits per heavy atom. The van der Waals surface area contributed by atoms with E-state index < -0.39 is 10.8 Å². The fourth-order valence-electron chi connectivity index (χ4n) is 3.32. The van der Waals surface area contributed by atoms with Crippen molar-refractivity contribution in [3.05, 3.63) is 29.8 Å². The summed E-state index contributed by atoms with van der Waals surface area (Å²) >= 11 is 0. The first kappa shape index (κ1) is 16.8. The smallest absolute Gasteiger partial charge is 0.140 e. The van der Waals surface area contributed by atoms with Gasteiger partial charge in [-0.25, -0.2) is 0 Å². The van der Waals surface area contributed by atoms with Gasteiger partial charge in [0, 0.05) is 35.7 Å². The van der Waals surface area contributed by atoms with Crippen molar-refractivity contribution in [2.24, 2.45) is 5.92 Å². The Labute approximate surface area is 141 Å². The van der Waals surface area contributed by atoms with Crippen LogP contribution in [-0.2, 0) is 20.3 Å². The lowest BCUT2D eigenvalue weighted by Crippen LogP contribution is -2.21. The highest BCUT2D eigenvalue weighted by Gasteiger charge is 2.30. The number of ketones is 1. The third-order valence-electron chi connectivity index (χ3n) is 4.99. The lowest BCUT2D eigenvalue weighted by atomic mass is 9.82. The molecule has 23 heavy (non-hydrogen) atoms. The number of rotatable bonds is 7. The minimum absolute atomic E-state index is 0.0217. The molecule has 0 radical (unpaired) electrons. The van der Waals surface area contributed by atoms with E-state index in [0.29, 0.717) is 23.4 Å². The first-order chi connectivity index (χ1) is 11.2. The predicted octanol–water partition coefficient (Wildman–Crippen LogP) is 3.84.